The van der Waals surface area contributed by atoms with Crippen LogP contribution in [-0.2, 0) is 17.8 Å². The smallest absolute Gasteiger partial charge is 0.220 e. The maximum absolute atomic E-state index is 11.9. The SMILES string of the molecule is CSc1nnc(CCCNC(=O)CCC2CCNC2)n1CC(C)C. The van der Waals surface area contributed by atoms with Gasteiger partial charge in [-0.2, -0.15) is 0 Å². The third kappa shape index (κ3) is 6.09. The molecular weight excluding hydrogens is 322 g/mol. The number of rotatable bonds is 10. The average Bonchev–Trinajstić information content (AvgIpc) is 3.19. The van der Waals surface area contributed by atoms with Gasteiger partial charge < -0.3 is 15.2 Å². The number of carbonyl (C=O) groups excluding carboxylic acids is 1. The highest BCUT2D eigenvalue weighted by Crippen LogP contribution is 2.17. The summed E-state index contributed by atoms with van der Waals surface area (Å²) in [6.07, 6.45) is 6.64. The molecule has 0 radical (unpaired) electrons. The topological polar surface area (TPSA) is 71.8 Å². The molecule has 1 atom stereocenters. The van der Waals surface area contributed by atoms with Crippen molar-refractivity contribution in [2.45, 2.75) is 57.7 Å². The van der Waals surface area contributed by atoms with E-state index in [0.29, 0.717) is 24.8 Å². The van der Waals surface area contributed by atoms with E-state index in [-0.39, 0.29) is 5.91 Å². The minimum atomic E-state index is 0.176. The van der Waals surface area contributed by atoms with Crippen molar-refractivity contribution in [1.82, 2.24) is 25.4 Å². The van der Waals surface area contributed by atoms with Crippen molar-refractivity contribution in [2.24, 2.45) is 11.8 Å². The molecule has 1 amide bonds. The monoisotopic (exact) mass is 353 g/mol. The molecule has 1 aromatic heterocycles. The number of nitrogens with one attached hydrogen (secondary N) is 2. The summed E-state index contributed by atoms with van der Waals surface area (Å²) in [4.78, 5) is 11.9. The molecule has 2 heterocycles. The molecule has 1 fully saturated rings. The lowest BCUT2D eigenvalue weighted by molar-refractivity contribution is -0.121. The lowest BCUT2D eigenvalue weighted by Gasteiger charge is -2.12. The highest BCUT2D eigenvalue weighted by Gasteiger charge is 2.16. The summed E-state index contributed by atoms with van der Waals surface area (Å²) in [5, 5.41) is 15.9. The third-order valence-electron chi connectivity index (χ3n) is 4.37. The molecule has 24 heavy (non-hydrogen) atoms. The number of aryl methyl sites for hydroxylation is 1. The van der Waals surface area contributed by atoms with E-state index in [1.165, 1.54) is 6.42 Å². The number of amides is 1. The van der Waals surface area contributed by atoms with Crippen molar-refractivity contribution in [3.05, 3.63) is 5.82 Å². The van der Waals surface area contributed by atoms with Crippen LogP contribution in [0.25, 0.3) is 0 Å². The van der Waals surface area contributed by atoms with Gasteiger partial charge in [0.2, 0.25) is 5.91 Å². The first-order valence-corrected chi connectivity index (χ1v) is 10.3. The van der Waals surface area contributed by atoms with Crippen LogP contribution < -0.4 is 10.6 Å². The lowest BCUT2D eigenvalue weighted by Crippen LogP contribution is -2.25. The predicted octanol–water partition coefficient (Wildman–Crippen LogP) is 2.09. The molecule has 136 valence electrons. The zero-order valence-electron chi connectivity index (χ0n) is 15.2. The normalized spacial score (nSPS) is 17.6. The maximum Gasteiger partial charge on any atom is 0.220 e. The Balaban J connectivity index is 1.68. The molecule has 0 aliphatic carbocycles. The summed E-state index contributed by atoms with van der Waals surface area (Å²) in [6.45, 7) is 8.23. The standard InChI is InChI=1S/C17H31N5OS/c1-13(2)12-22-15(20-21-17(22)24-3)5-4-9-19-16(23)7-6-14-8-10-18-11-14/h13-14,18H,4-12H2,1-3H3,(H,19,23). The molecule has 1 aromatic rings. The molecule has 1 aliphatic rings. The van der Waals surface area contributed by atoms with Crippen LogP contribution in [-0.4, -0.2) is 46.6 Å². The molecule has 2 rings (SSSR count). The third-order valence-corrected chi connectivity index (χ3v) is 5.03. The first kappa shape index (κ1) is 19.2. The van der Waals surface area contributed by atoms with E-state index >= 15 is 0 Å². The second-order valence-corrected chi connectivity index (χ2v) is 7.73. The van der Waals surface area contributed by atoms with Crippen LogP contribution in [0.5, 0.6) is 0 Å². The van der Waals surface area contributed by atoms with Gasteiger partial charge in [-0.3, -0.25) is 4.79 Å². The van der Waals surface area contributed by atoms with Crippen LogP contribution in [0.15, 0.2) is 5.16 Å². The van der Waals surface area contributed by atoms with E-state index in [1.807, 2.05) is 6.26 Å². The van der Waals surface area contributed by atoms with Gasteiger partial charge in [-0.15, -0.1) is 10.2 Å². The molecule has 6 nitrogen and oxygen atoms in total. The van der Waals surface area contributed by atoms with Crippen molar-refractivity contribution >= 4 is 17.7 Å². The average molecular weight is 354 g/mol. The fourth-order valence-corrected chi connectivity index (χ4v) is 3.58. The summed E-state index contributed by atoms with van der Waals surface area (Å²) in [5.74, 6) is 2.44. The van der Waals surface area contributed by atoms with E-state index in [1.54, 1.807) is 11.8 Å². The molecule has 0 bridgehead atoms. The van der Waals surface area contributed by atoms with Crippen molar-refractivity contribution < 1.29 is 4.79 Å². The number of hydrogen-bond acceptors (Lipinski definition) is 5. The summed E-state index contributed by atoms with van der Waals surface area (Å²) in [5.41, 5.74) is 0. The number of carbonyl (C=O) groups is 1. The molecule has 0 saturated carbocycles. The Bertz CT molecular complexity index is 511. The molecule has 2 N–H and O–H groups in total. The summed E-state index contributed by atoms with van der Waals surface area (Å²) in [6, 6.07) is 0. The van der Waals surface area contributed by atoms with Crippen LogP contribution >= 0.6 is 11.8 Å². The molecule has 0 spiro atoms. The number of aromatic nitrogens is 3. The quantitative estimate of drug-likeness (QED) is 0.498. The molecule has 1 unspecified atom stereocenters. The molecule has 0 aromatic carbocycles. The van der Waals surface area contributed by atoms with Crippen LogP contribution in [0.1, 0.15) is 45.4 Å². The van der Waals surface area contributed by atoms with Crippen molar-refractivity contribution in [3.63, 3.8) is 0 Å². The Morgan fingerprint density at radius 3 is 2.96 bits per heavy atom. The Morgan fingerprint density at radius 1 is 1.46 bits per heavy atom. The van der Waals surface area contributed by atoms with Gasteiger partial charge in [-0.05, 0) is 50.4 Å². The van der Waals surface area contributed by atoms with Crippen molar-refractivity contribution in [3.8, 4) is 0 Å². The van der Waals surface area contributed by atoms with Crippen LogP contribution in [0, 0.1) is 11.8 Å². The van der Waals surface area contributed by atoms with Gasteiger partial charge >= 0.3 is 0 Å². The second-order valence-electron chi connectivity index (χ2n) is 6.96. The highest BCUT2D eigenvalue weighted by molar-refractivity contribution is 7.98. The Morgan fingerprint density at radius 2 is 2.29 bits per heavy atom. The maximum atomic E-state index is 11.9. The molecule has 1 aliphatic heterocycles. The zero-order chi connectivity index (χ0) is 17.4. The van der Waals surface area contributed by atoms with Crippen LogP contribution in [0.3, 0.4) is 0 Å². The van der Waals surface area contributed by atoms with E-state index in [4.69, 9.17) is 0 Å². The number of hydrogen-bond donors (Lipinski definition) is 2. The second kappa shape index (κ2) is 10.0. The Kier molecular flexibility index (Phi) is 8.05. The van der Waals surface area contributed by atoms with Gasteiger partial charge in [0, 0.05) is 25.9 Å². The van der Waals surface area contributed by atoms with Gasteiger partial charge in [-0.1, -0.05) is 25.6 Å². The fraction of sp³-hybridized carbons (Fsp3) is 0.824. The summed E-state index contributed by atoms with van der Waals surface area (Å²) >= 11 is 1.64. The number of nitrogens with zero attached hydrogens (tertiary/aromatic N) is 3. The first-order chi connectivity index (χ1) is 11.6. The lowest BCUT2D eigenvalue weighted by atomic mass is 10.0. The first-order valence-electron chi connectivity index (χ1n) is 9.03. The number of thioether (sulfide) groups is 1. The van der Waals surface area contributed by atoms with Gasteiger partial charge in [0.05, 0.1) is 0 Å². The van der Waals surface area contributed by atoms with E-state index in [9.17, 15) is 4.79 Å². The predicted molar refractivity (Wildman–Crippen MR) is 98.2 cm³/mol. The van der Waals surface area contributed by atoms with E-state index in [2.05, 4.69) is 39.2 Å². The Labute approximate surface area is 149 Å². The van der Waals surface area contributed by atoms with E-state index < -0.39 is 0 Å². The van der Waals surface area contributed by atoms with Crippen molar-refractivity contribution in [1.29, 1.82) is 0 Å². The molecule has 1 saturated heterocycles. The zero-order valence-corrected chi connectivity index (χ0v) is 16.0. The van der Waals surface area contributed by atoms with Crippen molar-refractivity contribution in [2.75, 3.05) is 25.9 Å². The van der Waals surface area contributed by atoms with E-state index in [0.717, 1.165) is 49.9 Å². The Hall–Kier alpha value is -1.08. The van der Waals surface area contributed by atoms with Gasteiger partial charge in [0.1, 0.15) is 5.82 Å². The molecule has 7 heteroatoms. The van der Waals surface area contributed by atoms with Gasteiger partial charge in [0.25, 0.3) is 0 Å². The fourth-order valence-electron chi connectivity index (χ4n) is 3.06. The summed E-state index contributed by atoms with van der Waals surface area (Å²) in [7, 11) is 0. The minimum absolute atomic E-state index is 0.176. The minimum Gasteiger partial charge on any atom is -0.356 e. The van der Waals surface area contributed by atoms with Gasteiger partial charge in [-0.25, -0.2) is 0 Å². The molecular formula is C17H31N5OS. The van der Waals surface area contributed by atoms with Gasteiger partial charge in [0.15, 0.2) is 5.16 Å². The van der Waals surface area contributed by atoms with Crippen LogP contribution in [0.4, 0.5) is 0 Å². The van der Waals surface area contributed by atoms with Crippen LogP contribution in [0.2, 0.25) is 0 Å². The summed E-state index contributed by atoms with van der Waals surface area (Å²) < 4.78 is 2.21. The largest absolute Gasteiger partial charge is 0.356 e. The highest BCUT2D eigenvalue weighted by atomic mass is 32.2.